The Morgan fingerprint density at radius 2 is 2.15 bits per heavy atom. The van der Waals surface area contributed by atoms with Gasteiger partial charge < -0.3 is 15.0 Å². The number of carbonyl (C=O) groups is 1. The number of methoxy groups -OCH3 is 1. The van der Waals surface area contributed by atoms with E-state index in [-0.39, 0.29) is 5.91 Å². The molecule has 1 N–H and O–H groups in total. The lowest BCUT2D eigenvalue weighted by Crippen LogP contribution is -2.45. The highest BCUT2D eigenvalue weighted by molar-refractivity contribution is 7.12. The fraction of sp³-hybridized carbons (Fsp3) is 0.667. The van der Waals surface area contributed by atoms with Gasteiger partial charge in [-0.3, -0.25) is 4.79 Å². The molecule has 5 heteroatoms. The summed E-state index contributed by atoms with van der Waals surface area (Å²) in [6.45, 7) is 2.86. The number of piperidine rings is 1. The molecular weight excluding hydrogens is 272 g/mol. The third-order valence-corrected chi connectivity index (χ3v) is 5.10. The predicted molar refractivity (Wildman–Crippen MR) is 80.5 cm³/mol. The van der Waals surface area contributed by atoms with Crippen LogP contribution >= 0.6 is 11.3 Å². The fourth-order valence-electron chi connectivity index (χ4n) is 2.70. The number of rotatable bonds is 5. The highest BCUT2D eigenvalue weighted by atomic mass is 32.1. The SMILES string of the molecule is COc1ccsc1C(=O)N1CCC(NCC2CC2)CC1. The topological polar surface area (TPSA) is 41.6 Å². The van der Waals surface area contributed by atoms with Crippen molar-refractivity contribution >= 4 is 17.2 Å². The van der Waals surface area contributed by atoms with E-state index in [1.807, 2.05) is 16.3 Å². The van der Waals surface area contributed by atoms with E-state index in [4.69, 9.17) is 4.74 Å². The Balaban J connectivity index is 1.50. The summed E-state index contributed by atoms with van der Waals surface area (Å²) in [4.78, 5) is 15.2. The van der Waals surface area contributed by atoms with E-state index in [2.05, 4.69) is 5.32 Å². The van der Waals surface area contributed by atoms with Crippen molar-refractivity contribution < 1.29 is 9.53 Å². The number of nitrogens with zero attached hydrogens (tertiary/aromatic N) is 1. The number of nitrogens with one attached hydrogen (secondary N) is 1. The van der Waals surface area contributed by atoms with Gasteiger partial charge in [0.05, 0.1) is 7.11 Å². The van der Waals surface area contributed by atoms with E-state index in [0.717, 1.165) is 43.3 Å². The van der Waals surface area contributed by atoms with Crippen LogP contribution in [0.25, 0.3) is 0 Å². The summed E-state index contributed by atoms with van der Waals surface area (Å²) in [6.07, 6.45) is 4.91. The molecular formula is C15H22N2O2S. The van der Waals surface area contributed by atoms with Crippen molar-refractivity contribution in [3.05, 3.63) is 16.3 Å². The Kier molecular flexibility index (Phi) is 4.27. The summed E-state index contributed by atoms with van der Waals surface area (Å²) in [7, 11) is 1.62. The molecule has 0 radical (unpaired) electrons. The van der Waals surface area contributed by atoms with Crippen molar-refractivity contribution in [2.24, 2.45) is 5.92 Å². The Morgan fingerprint density at radius 1 is 1.40 bits per heavy atom. The molecule has 1 aromatic rings. The molecule has 0 bridgehead atoms. The molecule has 110 valence electrons. The molecule has 4 nitrogen and oxygen atoms in total. The first-order valence-electron chi connectivity index (χ1n) is 7.42. The molecule has 0 aromatic carbocycles. The number of amides is 1. The van der Waals surface area contributed by atoms with Gasteiger partial charge in [-0.1, -0.05) is 0 Å². The van der Waals surface area contributed by atoms with Gasteiger partial charge >= 0.3 is 0 Å². The Labute approximate surface area is 124 Å². The predicted octanol–water partition coefficient (Wildman–Crippen LogP) is 2.36. The van der Waals surface area contributed by atoms with Crippen LogP contribution in [0.15, 0.2) is 11.4 Å². The highest BCUT2D eigenvalue weighted by Crippen LogP contribution is 2.29. The lowest BCUT2D eigenvalue weighted by atomic mass is 10.0. The zero-order valence-electron chi connectivity index (χ0n) is 11.9. The summed E-state index contributed by atoms with van der Waals surface area (Å²) >= 11 is 1.47. The van der Waals surface area contributed by atoms with Crippen LogP contribution in [0, 0.1) is 5.92 Å². The third kappa shape index (κ3) is 3.15. The summed E-state index contributed by atoms with van der Waals surface area (Å²) < 4.78 is 5.24. The quantitative estimate of drug-likeness (QED) is 0.906. The first-order chi connectivity index (χ1) is 9.78. The maximum Gasteiger partial charge on any atom is 0.267 e. The first-order valence-corrected chi connectivity index (χ1v) is 8.30. The monoisotopic (exact) mass is 294 g/mol. The lowest BCUT2D eigenvalue weighted by molar-refractivity contribution is 0.0707. The molecule has 2 heterocycles. The zero-order valence-corrected chi connectivity index (χ0v) is 12.7. The second-order valence-electron chi connectivity index (χ2n) is 5.74. The van der Waals surface area contributed by atoms with Gasteiger partial charge in [-0.05, 0) is 49.6 Å². The number of likely N-dealkylation sites (tertiary alicyclic amines) is 1. The van der Waals surface area contributed by atoms with Gasteiger partial charge in [0, 0.05) is 19.1 Å². The van der Waals surface area contributed by atoms with E-state index >= 15 is 0 Å². The highest BCUT2D eigenvalue weighted by Gasteiger charge is 2.27. The Bertz CT molecular complexity index is 462. The molecule has 3 rings (SSSR count). The van der Waals surface area contributed by atoms with Crippen molar-refractivity contribution in [1.29, 1.82) is 0 Å². The minimum absolute atomic E-state index is 0.123. The number of ether oxygens (including phenoxy) is 1. The van der Waals surface area contributed by atoms with Gasteiger partial charge in [-0.2, -0.15) is 0 Å². The molecule has 1 amide bonds. The van der Waals surface area contributed by atoms with E-state index in [9.17, 15) is 4.79 Å². The van der Waals surface area contributed by atoms with Crippen molar-refractivity contribution in [2.75, 3.05) is 26.7 Å². The molecule has 0 spiro atoms. The molecule has 0 atom stereocenters. The van der Waals surface area contributed by atoms with Crippen molar-refractivity contribution in [2.45, 2.75) is 31.7 Å². The van der Waals surface area contributed by atoms with Gasteiger partial charge in [0.1, 0.15) is 10.6 Å². The standard InChI is InChI=1S/C15H22N2O2S/c1-19-13-6-9-20-14(13)15(18)17-7-4-12(5-8-17)16-10-11-2-3-11/h6,9,11-12,16H,2-5,7-8,10H2,1H3. The summed E-state index contributed by atoms with van der Waals surface area (Å²) in [6, 6.07) is 2.45. The molecule has 1 saturated heterocycles. The van der Waals surface area contributed by atoms with Crippen LogP contribution in [0.5, 0.6) is 5.75 Å². The average Bonchev–Trinajstić information content (AvgIpc) is 3.20. The van der Waals surface area contributed by atoms with Crippen molar-refractivity contribution in [3.8, 4) is 5.75 Å². The van der Waals surface area contributed by atoms with Crippen LogP contribution in [0.2, 0.25) is 0 Å². The molecule has 0 unspecified atom stereocenters. The van der Waals surface area contributed by atoms with Crippen molar-refractivity contribution in [1.82, 2.24) is 10.2 Å². The maximum absolute atomic E-state index is 12.5. The van der Waals surface area contributed by atoms with Gasteiger partial charge in [-0.25, -0.2) is 0 Å². The zero-order chi connectivity index (χ0) is 13.9. The number of carbonyl (C=O) groups excluding carboxylic acids is 1. The van der Waals surface area contributed by atoms with Gasteiger partial charge in [0.2, 0.25) is 0 Å². The fourth-order valence-corrected chi connectivity index (χ4v) is 3.52. The molecule has 1 aromatic heterocycles. The lowest BCUT2D eigenvalue weighted by Gasteiger charge is -2.32. The minimum atomic E-state index is 0.123. The van der Waals surface area contributed by atoms with Crippen LogP contribution in [-0.2, 0) is 0 Å². The van der Waals surface area contributed by atoms with Gasteiger partial charge in [0.15, 0.2) is 0 Å². The maximum atomic E-state index is 12.5. The molecule has 20 heavy (non-hydrogen) atoms. The normalized spacial score (nSPS) is 20.1. The number of hydrogen-bond acceptors (Lipinski definition) is 4. The summed E-state index contributed by atoms with van der Waals surface area (Å²) in [5.41, 5.74) is 0. The minimum Gasteiger partial charge on any atom is -0.495 e. The van der Waals surface area contributed by atoms with Crippen LogP contribution in [0.3, 0.4) is 0 Å². The largest absolute Gasteiger partial charge is 0.495 e. The average molecular weight is 294 g/mol. The number of thiophene rings is 1. The van der Waals surface area contributed by atoms with Gasteiger partial charge in [0.25, 0.3) is 5.91 Å². The number of hydrogen-bond donors (Lipinski definition) is 1. The van der Waals surface area contributed by atoms with Crippen LogP contribution in [0.1, 0.15) is 35.4 Å². The molecule has 1 aliphatic carbocycles. The Morgan fingerprint density at radius 3 is 2.80 bits per heavy atom. The molecule has 1 saturated carbocycles. The van der Waals surface area contributed by atoms with E-state index in [0.29, 0.717) is 11.8 Å². The summed E-state index contributed by atoms with van der Waals surface area (Å²) in [5.74, 6) is 1.75. The van der Waals surface area contributed by atoms with E-state index in [1.165, 1.54) is 24.2 Å². The Hall–Kier alpha value is -1.07. The van der Waals surface area contributed by atoms with E-state index in [1.54, 1.807) is 7.11 Å². The van der Waals surface area contributed by atoms with E-state index < -0.39 is 0 Å². The third-order valence-electron chi connectivity index (χ3n) is 4.22. The molecule has 1 aliphatic heterocycles. The van der Waals surface area contributed by atoms with Crippen LogP contribution in [-0.4, -0.2) is 43.6 Å². The second kappa shape index (κ2) is 6.14. The van der Waals surface area contributed by atoms with Crippen molar-refractivity contribution in [3.63, 3.8) is 0 Å². The van der Waals surface area contributed by atoms with Crippen LogP contribution < -0.4 is 10.1 Å². The van der Waals surface area contributed by atoms with Crippen LogP contribution in [0.4, 0.5) is 0 Å². The summed E-state index contributed by atoms with van der Waals surface area (Å²) in [5, 5.41) is 5.55. The molecule has 2 aliphatic rings. The smallest absolute Gasteiger partial charge is 0.267 e. The van der Waals surface area contributed by atoms with Gasteiger partial charge in [-0.15, -0.1) is 11.3 Å². The second-order valence-corrected chi connectivity index (χ2v) is 6.65. The molecule has 2 fully saturated rings. The first kappa shape index (κ1) is 13.9.